The average molecular weight is 190 g/mol. The molecule has 0 bridgehead atoms. The monoisotopic (exact) mass is 190 g/mol. The van der Waals surface area contributed by atoms with Crippen LogP contribution in [0.3, 0.4) is 0 Å². The van der Waals surface area contributed by atoms with Crippen LogP contribution in [0.25, 0.3) is 5.31 Å². The van der Waals surface area contributed by atoms with E-state index in [4.69, 9.17) is 9.79 Å². The summed E-state index contributed by atoms with van der Waals surface area (Å²) < 4.78 is 10.6. The van der Waals surface area contributed by atoms with Crippen molar-refractivity contribution < 1.29 is 14.4 Å². The second-order valence-corrected chi connectivity index (χ2v) is 4.41. The number of hydrogen-bond acceptors (Lipinski definition) is 2. The zero-order chi connectivity index (χ0) is 8.48. The third-order valence-corrected chi connectivity index (χ3v) is 2.85. The van der Waals surface area contributed by atoms with Crippen LogP contribution in [0.5, 0.6) is 0 Å². The summed E-state index contributed by atoms with van der Waals surface area (Å²) in [5, 5.41) is 3.29. The standard InChI is InChI=1S/C6H7O3PS/c1-5(10(7,8)9)6-2-3-11-4-6/h2-4H,1H2,(H2,7,8,9). The Balaban J connectivity index is 2.97. The van der Waals surface area contributed by atoms with Gasteiger partial charge in [-0.05, 0) is 22.4 Å². The lowest BCUT2D eigenvalue weighted by Gasteiger charge is -2.03. The maximum atomic E-state index is 10.6. The maximum absolute atomic E-state index is 10.6. The zero-order valence-corrected chi connectivity index (χ0v) is 7.31. The Bertz CT molecular complexity index is 298. The van der Waals surface area contributed by atoms with Gasteiger partial charge in [-0.15, -0.1) is 0 Å². The Hall–Kier alpha value is -0.410. The fourth-order valence-electron chi connectivity index (χ4n) is 0.597. The van der Waals surface area contributed by atoms with Crippen molar-refractivity contribution in [3.05, 3.63) is 29.0 Å². The van der Waals surface area contributed by atoms with Crippen molar-refractivity contribution in [1.29, 1.82) is 0 Å². The van der Waals surface area contributed by atoms with Crippen LogP contribution in [-0.4, -0.2) is 9.79 Å². The molecule has 0 saturated heterocycles. The van der Waals surface area contributed by atoms with Gasteiger partial charge in [0.2, 0.25) is 0 Å². The second kappa shape index (κ2) is 2.91. The van der Waals surface area contributed by atoms with E-state index in [0.717, 1.165) is 0 Å². The third-order valence-electron chi connectivity index (χ3n) is 1.21. The predicted molar refractivity (Wildman–Crippen MR) is 45.4 cm³/mol. The minimum Gasteiger partial charge on any atom is -0.321 e. The minimum atomic E-state index is -4.13. The van der Waals surface area contributed by atoms with E-state index in [-0.39, 0.29) is 5.31 Å². The van der Waals surface area contributed by atoms with E-state index in [9.17, 15) is 4.57 Å². The van der Waals surface area contributed by atoms with Crippen molar-refractivity contribution in [2.75, 3.05) is 0 Å². The molecule has 0 aliphatic rings. The van der Waals surface area contributed by atoms with Crippen molar-refractivity contribution in [1.82, 2.24) is 0 Å². The summed E-state index contributed by atoms with van der Waals surface area (Å²) in [6.45, 7) is 3.31. The molecule has 1 rings (SSSR count). The molecule has 0 fully saturated rings. The molecule has 11 heavy (non-hydrogen) atoms. The maximum Gasteiger partial charge on any atom is 0.356 e. The molecule has 0 aliphatic heterocycles. The molecule has 0 aliphatic carbocycles. The lowest BCUT2D eigenvalue weighted by atomic mass is 10.3. The van der Waals surface area contributed by atoms with E-state index in [1.807, 2.05) is 0 Å². The largest absolute Gasteiger partial charge is 0.356 e. The van der Waals surface area contributed by atoms with Crippen molar-refractivity contribution in [3.63, 3.8) is 0 Å². The van der Waals surface area contributed by atoms with E-state index in [1.54, 1.807) is 16.8 Å². The van der Waals surface area contributed by atoms with Gasteiger partial charge in [0, 0.05) is 0 Å². The van der Waals surface area contributed by atoms with E-state index in [1.165, 1.54) is 11.3 Å². The molecule has 0 aromatic carbocycles. The summed E-state index contributed by atoms with van der Waals surface area (Å²) in [4.78, 5) is 17.3. The molecule has 1 heterocycles. The molecule has 0 radical (unpaired) electrons. The Morgan fingerprint density at radius 3 is 2.64 bits per heavy atom. The molecule has 0 saturated carbocycles. The first-order chi connectivity index (χ1) is 5.02. The van der Waals surface area contributed by atoms with Gasteiger partial charge >= 0.3 is 7.60 Å². The van der Waals surface area contributed by atoms with Crippen LogP contribution in [0.4, 0.5) is 0 Å². The first kappa shape index (κ1) is 8.68. The van der Waals surface area contributed by atoms with Gasteiger partial charge in [-0.2, -0.15) is 11.3 Å². The molecule has 0 amide bonds. The van der Waals surface area contributed by atoms with Crippen molar-refractivity contribution >= 4 is 24.2 Å². The van der Waals surface area contributed by atoms with Gasteiger partial charge in [0.25, 0.3) is 0 Å². The molecule has 2 N–H and O–H groups in total. The molecule has 1 aromatic heterocycles. The third kappa shape index (κ3) is 2.01. The van der Waals surface area contributed by atoms with Crippen LogP contribution in [-0.2, 0) is 4.57 Å². The molecule has 60 valence electrons. The van der Waals surface area contributed by atoms with Crippen LogP contribution >= 0.6 is 18.9 Å². The van der Waals surface area contributed by atoms with Gasteiger partial charge in [0.15, 0.2) is 0 Å². The van der Waals surface area contributed by atoms with Crippen LogP contribution in [0.15, 0.2) is 23.4 Å². The Morgan fingerprint density at radius 2 is 2.27 bits per heavy atom. The highest BCUT2D eigenvalue weighted by Gasteiger charge is 2.19. The molecule has 0 spiro atoms. The van der Waals surface area contributed by atoms with Gasteiger partial charge in [-0.1, -0.05) is 6.58 Å². The fraction of sp³-hybridized carbons (Fsp3) is 0. The van der Waals surface area contributed by atoms with E-state index in [2.05, 4.69) is 6.58 Å². The van der Waals surface area contributed by atoms with Crippen LogP contribution in [0, 0.1) is 0 Å². The number of thiophene rings is 1. The molecule has 5 heteroatoms. The lowest BCUT2D eigenvalue weighted by molar-refractivity contribution is 0.388. The Labute approximate surface area is 68.2 Å². The van der Waals surface area contributed by atoms with Crippen molar-refractivity contribution in [2.24, 2.45) is 0 Å². The Kier molecular flexibility index (Phi) is 2.30. The highest BCUT2D eigenvalue weighted by molar-refractivity contribution is 7.63. The van der Waals surface area contributed by atoms with Crippen LogP contribution in [0.2, 0.25) is 0 Å². The quantitative estimate of drug-likeness (QED) is 0.700. The highest BCUT2D eigenvalue weighted by Crippen LogP contribution is 2.49. The van der Waals surface area contributed by atoms with Gasteiger partial charge in [0.1, 0.15) is 0 Å². The SMILES string of the molecule is C=C(c1ccsc1)P(=O)(O)O. The van der Waals surface area contributed by atoms with Crippen LogP contribution in [0.1, 0.15) is 5.56 Å². The summed E-state index contributed by atoms with van der Waals surface area (Å²) in [7, 11) is -4.13. The summed E-state index contributed by atoms with van der Waals surface area (Å²) >= 11 is 1.38. The summed E-state index contributed by atoms with van der Waals surface area (Å²) in [5.74, 6) is 0. The predicted octanol–water partition coefficient (Wildman–Crippen LogP) is 1.90. The van der Waals surface area contributed by atoms with Crippen molar-refractivity contribution in [2.45, 2.75) is 0 Å². The zero-order valence-electron chi connectivity index (χ0n) is 5.60. The second-order valence-electron chi connectivity index (χ2n) is 2.00. The normalized spacial score (nSPS) is 11.5. The Morgan fingerprint density at radius 1 is 1.64 bits per heavy atom. The van der Waals surface area contributed by atoms with Gasteiger partial charge in [0.05, 0.1) is 5.31 Å². The number of hydrogen-bond donors (Lipinski definition) is 2. The van der Waals surface area contributed by atoms with E-state index < -0.39 is 7.60 Å². The summed E-state index contributed by atoms with van der Waals surface area (Å²) in [6.07, 6.45) is 0. The highest BCUT2D eigenvalue weighted by atomic mass is 32.1. The number of rotatable bonds is 2. The first-order valence-corrected chi connectivity index (χ1v) is 5.35. The lowest BCUT2D eigenvalue weighted by Crippen LogP contribution is -1.80. The van der Waals surface area contributed by atoms with Gasteiger partial charge in [-0.25, -0.2) is 0 Å². The molecular weight excluding hydrogens is 183 g/mol. The molecular formula is C6H7O3PS. The van der Waals surface area contributed by atoms with E-state index in [0.29, 0.717) is 5.56 Å². The summed E-state index contributed by atoms with van der Waals surface area (Å²) in [6, 6.07) is 1.63. The van der Waals surface area contributed by atoms with Crippen molar-refractivity contribution in [3.8, 4) is 0 Å². The molecule has 0 unspecified atom stereocenters. The smallest absolute Gasteiger partial charge is 0.321 e. The molecule has 0 atom stereocenters. The molecule has 1 aromatic rings. The fourth-order valence-corrected chi connectivity index (χ4v) is 1.83. The summed E-state index contributed by atoms with van der Waals surface area (Å²) in [5.41, 5.74) is 0.517. The minimum absolute atomic E-state index is 0.112. The average Bonchev–Trinajstić information content (AvgIpc) is 2.34. The first-order valence-electron chi connectivity index (χ1n) is 2.79. The van der Waals surface area contributed by atoms with E-state index >= 15 is 0 Å². The molecule has 3 nitrogen and oxygen atoms in total. The van der Waals surface area contributed by atoms with Gasteiger partial charge in [-0.3, -0.25) is 4.57 Å². The van der Waals surface area contributed by atoms with Crippen LogP contribution < -0.4 is 0 Å². The van der Waals surface area contributed by atoms with Gasteiger partial charge < -0.3 is 9.79 Å². The topological polar surface area (TPSA) is 57.5 Å².